The van der Waals surface area contributed by atoms with Gasteiger partial charge in [-0.3, -0.25) is 4.79 Å². The van der Waals surface area contributed by atoms with Gasteiger partial charge in [-0.05, 0) is 19.1 Å². The second-order valence-electron chi connectivity index (χ2n) is 4.03. The number of carboxylic acid groups (broad SMARTS) is 1. The Morgan fingerprint density at radius 3 is 2.68 bits per heavy atom. The average molecular weight is 286 g/mol. The summed E-state index contributed by atoms with van der Waals surface area (Å²) in [6, 6.07) is 3.62. The van der Waals surface area contributed by atoms with Crippen LogP contribution in [-0.2, 0) is 16.1 Å². The van der Waals surface area contributed by atoms with E-state index < -0.39 is 12.1 Å². The quantitative estimate of drug-likeness (QED) is 0.706. The molecule has 1 unspecified atom stereocenters. The lowest BCUT2D eigenvalue weighted by molar-refractivity contribution is -0.139. The third-order valence-corrected chi connectivity index (χ3v) is 3.45. The molecule has 0 fully saturated rings. The number of nitrogens with one attached hydrogen (secondary N) is 2. The first-order valence-electron chi connectivity index (χ1n) is 5.83. The number of thiophene rings is 1. The van der Waals surface area contributed by atoms with Crippen molar-refractivity contribution in [3.8, 4) is 0 Å². The molecule has 2 amide bonds. The van der Waals surface area contributed by atoms with Crippen molar-refractivity contribution in [2.45, 2.75) is 26.0 Å². The minimum Gasteiger partial charge on any atom is -0.481 e. The number of hydrogen-bond acceptors (Lipinski definition) is 4. The van der Waals surface area contributed by atoms with Crippen LogP contribution >= 0.6 is 11.3 Å². The Balaban J connectivity index is 2.25. The van der Waals surface area contributed by atoms with Crippen molar-refractivity contribution >= 4 is 23.3 Å². The zero-order chi connectivity index (χ0) is 14.3. The Hall–Kier alpha value is -1.60. The first kappa shape index (κ1) is 15.5. The molecule has 6 nitrogen and oxygen atoms in total. The first-order valence-corrected chi connectivity index (χ1v) is 6.64. The smallest absolute Gasteiger partial charge is 0.315 e. The molecule has 1 heterocycles. The van der Waals surface area contributed by atoms with Crippen LogP contribution in [-0.4, -0.2) is 36.9 Å². The number of hydrogen-bond donors (Lipinski definition) is 3. The topological polar surface area (TPSA) is 87.7 Å². The van der Waals surface area contributed by atoms with Crippen LogP contribution in [0.5, 0.6) is 0 Å². The van der Waals surface area contributed by atoms with E-state index in [1.807, 2.05) is 19.1 Å². The molecule has 7 heteroatoms. The molecule has 0 aliphatic rings. The van der Waals surface area contributed by atoms with Gasteiger partial charge in [-0.25, -0.2) is 4.79 Å². The maximum absolute atomic E-state index is 11.5. The van der Waals surface area contributed by atoms with E-state index in [0.717, 1.165) is 4.88 Å². The third kappa shape index (κ3) is 6.21. The number of aryl methyl sites for hydroxylation is 1. The van der Waals surface area contributed by atoms with Gasteiger partial charge in [0.2, 0.25) is 0 Å². The van der Waals surface area contributed by atoms with Crippen molar-refractivity contribution in [1.82, 2.24) is 10.6 Å². The number of carbonyl (C=O) groups is 2. The predicted octanol–water partition coefficient (Wildman–Crippen LogP) is 1.35. The summed E-state index contributed by atoms with van der Waals surface area (Å²) in [5.41, 5.74) is 0. The molecule has 0 bridgehead atoms. The number of carbonyl (C=O) groups excluding carboxylic acids is 1. The summed E-state index contributed by atoms with van der Waals surface area (Å²) in [5, 5.41) is 13.9. The maximum atomic E-state index is 11.5. The predicted molar refractivity (Wildman–Crippen MR) is 72.3 cm³/mol. The van der Waals surface area contributed by atoms with E-state index in [1.165, 1.54) is 12.0 Å². The van der Waals surface area contributed by atoms with Crippen LogP contribution < -0.4 is 10.6 Å². The largest absolute Gasteiger partial charge is 0.481 e. The first-order chi connectivity index (χ1) is 9.01. The van der Waals surface area contributed by atoms with Gasteiger partial charge in [0.1, 0.15) is 0 Å². The van der Waals surface area contributed by atoms with Crippen LogP contribution in [0, 0.1) is 6.92 Å². The number of rotatable bonds is 7. The summed E-state index contributed by atoms with van der Waals surface area (Å²) < 4.78 is 4.96. The normalized spacial score (nSPS) is 11.9. The summed E-state index contributed by atoms with van der Waals surface area (Å²) in [7, 11) is 1.42. The fraction of sp³-hybridized carbons (Fsp3) is 0.500. The molecule has 0 aliphatic heterocycles. The van der Waals surface area contributed by atoms with Gasteiger partial charge in [0, 0.05) is 23.4 Å². The van der Waals surface area contributed by atoms with E-state index in [-0.39, 0.29) is 19.0 Å². The van der Waals surface area contributed by atoms with Crippen molar-refractivity contribution in [2.75, 3.05) is 13.7 Å². The zero-order valence-corrected chi connectivity index (χ0v) is 11.8. The van der Waals surface area contributed by atoms with Crippen molar-refractivity contribution in [3.63, 3.8) is 0 Å². The number of aliphatic carboxylic acids is 1. The van der Waals surface area contributed by atoms with Crippen LogP contribution in [0.25, 0.3) is 0 Å². The second kappa shape index (κ2) is 7.75. The van der Waals surface area contributed by atoms with Gasteiger partial charge in [0.05, 0.1) is 19.1 Å². The van der Waals surface area contributed by atoms with Crippen molar-refractivity contribution in [2.24, 2.45) is 0 Å². The molecule has 1 rings (SSSR count). The minimum atomic E-state index is -0.955. The maximum Gasteiger partial charge on any atom is 0.315 e. The van der Waals surface area contributed by atoms with E-state index in [1.54, 1.807) is 11.3 Å². The van der Waals surface area contributed by atoms with Gasteiger partial charge in [-0.1, -0.05) is 0 Å². The van der Waals surface area contributed by atoms with Gasteiger partial charge >= 0.3 is 12.0 Å². The molecule has 1 aromatic heterocycles. The van der Waals surface area contributed by atoms with Gasteiger partial charge in [-0.2, -0.15) is 0 Å². The molecule has 1 aromatic rings. The van der Waals surface area contributed by atoms with Crippen LogP contribution in [0.4, 0.5) is 4.79 Å². The fourth-order valence-corrected chi connectivity index (χ4v) is 2.28. The molecule has 3 N–H and O–H groups in total. The summed E-state index contributed by atoms with van der Waals surface area (Å²) in [5.74, 6) is -0.955. The van der Waals surface area contributed by atoms with E-state index >= 15 is 0 Å². The third-order valence-electron chi connectivity index (χ3n) is 2.45. The summed E-state index contributed by atoms with van der Waals surface area (Å²) in [6.07, 6.45) is -0.659. The lowest BCUT2D eigenvalue weighted by atomic mass is 10.2. The number of urea groups is 1. The summed E-state index contributed by atoms with van der Waals surface area (Å²) >= 11 is 1.62. The highest BCUT2D eigenvalue weighted by atomic mass is 32.1. The van der Waals surface area contributed by atoms with Gasteiger partial charge in [0.25, 0.3) is 0 Å². The Kier molecular flexibility index (Phi) is 6.31. The highest BCUT2D eigenvalue weighted by molar-refractivity contribution is 7.11. The monoisotopic (exact) mass is 286 g/mol. The Morgan fingerprint density at radius 1 is 1.42 bits per heavy atom. The van der Waals surface area contributed by atoms with Gasteiger partial charge in [0.15, 0.2) is 0 Å². The number of amides is 2. The van der Waals surface area contributed by atoms with Gasteiger partial charge in [-0.15, -0.1) is 11.3 Å². The summed E-state index contributed by atoms with van der Waals surface area (Å²) in [6.45, 7) is 2.63. The Bertz CT molecular complexity index is 433. The molecular weight excluding hydrogens is 268 g/mol. The Labute approximate surface area is 115 Å². The highest BCUT2D eigenvalue weighted by Gasteiger charge is 2.13. The second-order valence-corrected chi connectivity index (χ2v) is 5.40. The van der Waals surface area contributed by atoms with Crippen molar-refractivity contribution in [1.29, 1.82) is 0 Å². The molecule has 106 valence electrons. The van der Waals surface area contributed by atoms with Gasteiger partial charge < -0.3 is 20.5 Å². The van der Waals surface area contributed by atoms with Crippen LogP contribution in [0.1, 0.15) is 16.2 Å². The molecule has 0 saturated carbocycles. The molecule has 0 radical (unpaired) electrons. The van der Waals surface area contributed by atoms with Crippen molar-refractivity contribution in [3.05, 3.63) is 21.9 Å². The Morgan fingerprint density at radius 2 is 2.16 bits per heavy atom. The lowest BCUT2D eigenvalue weighted by Gasteiger charge is -2.14. The van der Waals surface area contributed by atoms with E-state index in [9.17, 15) is 9.59 Å². The molecule has 19 heavy (non-hydrogen) atoms. The minimum absolute atomic E-state index is 0.138. The number of methoxy groups -OCH3 is 1. The number of ether oxygens (including phenoxy) is 1. The van der Waals surface area contributed by atoms with E-state index in [0.29, 0.717) is 6.54 Å². The SMILES string of the molecule is COC(CNC(=O)NCc1ccc(C)s1)CC(=O)O. The number of carboxylic acids is 1. The molecule has 0 saturated heterocycles. The summed E-state index contributed by atoms with van der Waals surface area (Å²) in [4.78, 5) is 24.3. The molecule has 0 aliphatic carbocycles. The van der Waals surface area contributed by atoms with Crippen LogP contribution in [0.3, 0.4) is 0 Å². The zero-order valence-electron chi connectivity index (χ0n) is 10.9. The average Bonchev–Trinajstić information content (AvgIpc) is 2.77. The fourth-order valence-electron chi connectivity index (χ4n) is 1.45. The van der Waals surface area contributed by atoms with Crippen LogP contribution in [0.15, 0.2) is 12.1 Å². The van der Waals surface area contributed by atoms with E-state index in [4.69, 9.17) is 9.84 Å². The lowest BCUT2D eigenvalue weighted by Crippen LogP contribution is -2.40. The van der Waals surface area contributed by atoms with Crippen molar-refractivity contribution < 1.29 is 19.4 Å². The molecular formula is C12H18N2O4S. The van der Waals surface area contributed by atoms with Crippen LogP contribution in [0.2, 0.25) is 0 Å². The van der Waals surface area contributed by atoms with E-state index in [2.05, 4.69) is 10.6 Å². The standard InChI is InChI=1S/C12H18N2O4S/c1-8-3-4-10(19-8)7-14-12(17)13-6-9(18-2)5-11(15)16/h3-4,9H,5-7H2,1-2H3,(H,15,16)(H2,13,14,17). The molecule has 1 atom stereocenters. The molecule has 0 aromatic carbocycles. The molecule has 0 spiro atoms. The highest BCUT2D eigenvalue weighted by Crippen LogP contribution is 2.14.